The molecule has 0 heterocycles. The Hall–Kier alpha value is -0.440. The number of hydrogen-bond acceptors (Lipinski definition) is 0. The molecule has 0 aliphatic heterocycles. The summed E-state index contributed by atoms with van der Waals surface area (Å²) in [5, 5.41) is 0.796. The van der Waals surface area contributed by atoms with Gasteiger partial charge in [-0.15, -0.1) is 0 Å². The number of rotatable bonds is 3. The number of hydrogen-bond donors (Lipinski definition) is 0. The van der Waals surface area contributed by atoms with Crippen molar-refractivity contribution >= 4 is 15.9 Å². The van der Waals surface area contributed by atoms with E-state index in [1.165, 1.54) is 0 Å². The maximum atomic E-state index is 13.2. The molecular formula is C10H11BrF2. The Labute approximate surface area is 85.1 Å². The number of halogens is 3. The summed E-state index contributed by atoms with van der Waals surface area (Å²) in [4.78, 5) is 0. The molecule has 72 valence electrons. The van der Waals surface area contributed by atoms with Crippen LogP contribution in [0.25, 0.3) is 0 Å². The molecule has 0 saturated carbocycles. The smallest absolute Gasteiger partial charge is 0.162 e. The van der Waals surface area contributed by atoms with Crippen LogP contribution in [0.5, 0.6) is 0 Å². The second-order valence-corrected chi connectivity index (χ2v) is 3.81. The lowest BCUT2D eigenvalue weighted by atomic mass is 9.98. The summed E-state index contributed by atoms with van der Waals surface area (Å²) in [5.41, 5.74) is 0.458. The summed E-state index contributed by atoms with van der Waals surface area (Å²) < 4.78 is 26.0. The van der Waals surface area contributed by atoms with Crippen LogP contribution in [-0.4, -0.2) is 5.33 Å². The van der Waals surface area contributed by atoms with Crippen LogP contribution in [0.4, 0.5) is 8.78 Å². The summed E-state index contributed by atoms with van der Waals surface area (Å²) >= 11 is 3.27. The fourth-order valence-corrected chi connectivity index (χ4v) is 1.91. The first-order chi connectivity index (χ1) is 6.16. The molecule has 0 N–H and O–H groups in total. The van der Waals surface area contributed by atoms with Crippen molar-refractivity contribution < 1.29 is 8.78 Å². The summed E-state index contributed by atoms with van der Waals surface area (Å²) in [5.74, 6) is -1.43. The monoisotopic (exact) mass is 248 g/mol. The Morgan fingerprint density at radius 3 is 2.69 bits per heavy atom. The van der Waals surface area contributed by atoms with E-state index >= 15 is 0 Å². The van der Waals surface area contributed by atoms with Gasteiger partial charge in [-0.3, -0.25) is 0 Å². The first kappa shape index (κ1) is 10.6. The molecule has 0 spiro atoms. The fraction of sp³-hybridized carbons (Fsp3) is 0.400. The van der Waals surface area contributed by atoms with E-state index in [1.54, 1.807) is 12.1 Å². The first-order valence-corrected chi connectivity index (χ1v) is 5.28. The zero-order valence-corrected chi connectivity index (χ0v) is 8.94. The number of alkyl halides is 1. The average molecular weight is 249 g/mol. The molecule has 1 rings (SSSR count). The average Bonchev–Trinajstić information content (AvgIpc) is 2.10. The number of benzene rings is 1. The molecule has 13 heavy (non-hydrogen) atoms. The van der Waals surface area contributed by atoms with E-state index in [9.17, 15) is 8.78 Å². The van der Waals surface area contributed by atoms with E-state index in [1.807, 2.05) is 6.92 Å². The van der Waals surface area contributed by atoms with Crippen molar-refractivity contribution in [3.63, 3.8) is 0 Å². The predicted octanol–water partition coefficient (Wildman–Crippen LogP) is 3.85. The standard InChI is InChI=1S/C10H11BrF2/c1-7(5-6-11)8-3-2-4-9(12)10(8)13/h2-4,7H,5-6H2,1H3. The highest BCUT2D eigenvalue weighted by Crippen LogP contribution is 2.23. The van der Waals surface area contributed by atoms with Crippen LogP contribution < -0.4 is 0 Å². The molecular weight excluding hydrogens is 238 g/mol. The molecule has 1 aromatic rings. The van der Waals surface area contributed by atoms with Crippen molar-refractivity contribution in [2.75, 3.05) is 5.33 Å². The van der Waals surface area contributed by atoms with E-state index in [0.29, 0.717) is 5.56 Å². The van der Waals surface area contributed by atoms with Crippen LogP contribution in [0, 0.1) is 11.6 Å². The van der Waals surface area contributed by atoms with E-state index in [4.69, 9.17) is 0 Å². The molecule has 0 aliphatic carbocycles. The SMILES string of the molecule is CC(CCBr)c1cccc(F)c1F. The Morgan fingerprint density at radius 2 is 2.08 bits per heavy atom. The first-order valence-electron chi connectivity index (χ1n) is 4.16. The molecule has 1 aromatic carbocycles. The van der Waals surface area contributed by atoms with Crippen LogP contribution in [-0.2, 0) is 0 Å². The minimum atomic E-state index is -0.765. The third kappa shape index (κ3) is 2.50. The molecule has 0 bridgehead atoms. The van der Waals surface area contributed by atoms with E-state index in [2.05, 4.69) is 15.9 Å². The normalized spacial score (nSPS) is 12.9. The van der Waals surface area contributed by atoms with Gasteiger partial charge in [0.1, 0.15) is 0 Å². The largest absolute Gasteiger partial charge is 0.204 e. The van der Waals surface area contributed by atoms with Crippen molar-refractivity contribution in [2.24, 2.45) is 0 Å². The van der Waals surface area contributed by atoms with Crippen LogP contribution in [0.1, 0.15) is 24.8 Å². The van der Waals surface area contributed by atoms with Crippen molar-refractivity contribution in [1.29, 1.82) is 0 Å². The van der Waals surface area contributed by atoms with Crippen LogP contribution in [0.3, 0.4) is 0 Å². The minimum absolute atomic E-state index is 0.0510. The quantitative estimate of drug-likeness (QED) is 0.713. The molecule has 1 atom stereocenters. The molecule has 0 amide bonds. The van der Waals surface area contributed by atoms with Crippen LogP contribution >= 0.6 is 15.9 Å². The zero-order valence-electron chi connectivity index (χ0n) is 7.36. The predicted molar refractivity (Wildman–Crippen MR) is 53.2 cm³/mol. The Bertz CT molecular complexity index is 286. The van der Waals surface area contributed by atoms with Crippen molar-refractivity contribution in [2.45, 2.75) is 19.3 Å². The molecule has 0 fully saturated rings. The van der Waals surface area contributed by atoms with Gasteiger partial charge in [0.15, 0.2) is 11.6 Å². The molecule has 0 aromatic heterocycles. The third-order valence-electron chi connectivity index (χ3n) is 2.05. The second-order valence-electron chi connectivity index (χ2n) is 3.02. The minimum Gasteiger partial charge on any atom is -0.204 e. The molecule has 0 nitrogen and oxygen atoms in total. The summed E-state index contributed by atoms with van der Waals surface area (Å²) in [6.45, 7) is 1.89. The second kappa shape index (κ2) is 4.70. The lowest BCUT2D eigenvalue weighted by molar-refractivity contribution is 0.489. The highest BCUT2D eigenvalue weighted by molar-refractivity contribution is 9.09. The lowest BCUT2D eigenvalue weighted by Crippen LogP contribution is -2.00. The topological polar surface area (TPSA) is 0 Å². The Morgan fingerprint density at radius 1 is 1.38 bits per heavy atom. The van der Waals surface area contributed by atoms with Crippen LogP contribution in [0.2, 0.25) is 0 Å². The molecule has 0 saturated heterocycles. The van der Waals surface area contributed by atoms with Gasteiger partial charge in [-0.1, -0.05) is 35.0 Å². The molecule has 1 unspecified atom stereocenters. The van der Waals surface area contributed by atoms with E-state index in [-0.39, 0.29) is 5.92 Å². The van der Waals surface area contributed by atoms with Gasteiger partial charge in [-0.05, 0) is 24.0 Å². The molecule has 0 aliphatic rings. The van der Waals surface area contributed by atoms with Gasteiger partial charge in [0.2, 0.25) is 0 Å². The maximum absolute atomic E-state index is 13.2. The Kier molecular flexibility index (Phi) is 3.85. The van der Waals surface area contributed by atoms with Gasteiger partial charge < -0.3 is 0 Å². The molecule has 3 heteroatoms. The Balaban J connectivity index is 2.93. The van der Waals surface area contributed by atoms with E-state index in [0.717, 1.165) is 17.8 Å². The zero-order chi connectivity index (χ0) is 9.84. The van der Waals surface area contributed by atoms with Crippen molar-refractivity contribution in [3.8, 4) is 0 Å². The van der Waals surface area contributed by atoms with Crippen molar-refractivity contribution in [1.82, 2.24) is 0 Å². The summed E-state index contributed by atoms with van der Waals surface area (Å²) in [6.07, 6.45) is 0.806. The van der Waals surface area contributed by atoms with Crippen molar-refractivity contribution in [3.05, 3.63) is 35.4 Å². The third-order valence-corrected chi connectivity index (χ3v) is 2.51. The van der Waals surface area contributed by atoms with Crippen LogP contribution in [0.15, 0.2) is 18.2 Å². The fourth-order valence-electron chi connectivity index (χ4n) is 1.22. The summed E-state index contributed by atoms with van der Waals surface area (Å²) in [7, 11) is 0. The maximum Gasteiger partial charge on any atom is 0.162 e. The highest BCUT2D eigenvalue weighted by Gasteiger charge is 2.12. The van der Waals surface area contributed by atoms with Gasteiger partial charge in [-0.2, -0.15) is 0 Å². The van der Waals surface area contributed by atoms with Gasteiger partial charge in [-0.25, -0.2) is 8.78 Å². The molecule has 0 radical (unpaired) electrons. The lowest BCUT2D eigenvalue weighted by Gasteiger charge is -2.10. The van der Waals surface area contributed by atoms with Gasteiger partial charge in [0.05, 0.1) is 0 Å². The van der Waals surface area contributed by atoms with E-state index < -0.39 is 11.6 Å². The van der Waals surface area contributed by atoms with Gasteiger partial charge >= 0.3 is 0 Å². The highest BCUT2D eigenvalue weighted by atomic mass is 79.9. The van der Waals surface area contributed by atoms with Gasteiger partial charge in [0, 0.05) is 5.33 Å². The summed E-state index contributed by atoms with van der Waals surface area (Å²) in [6, 6.07) is 4.31. The van der Waals surface area contributed by atoms with Gasteiger partial charge in [0.25, 0.3) is 0 Å².